The summed E-state index contributed by atoms with van der Waals surface area (Å²) in [7, 11) is -9.92. The lowest BCUT2D eigenvalue weighted by Gasteiger charge is -2.21. The van der Waals surface area contributed by atoms with E-state index in [1.807, 2.05) is 0 Å². The van der Waals surface area contributed by atoms with E-state index in [4.69, 9.17) is 37.0 Å². The molecule has 0 bridgehead atoms. The van der Waals surface area contributed by atoms with Crippen molar-refractivity contribution in [1.29, 1.82) is 0 Å². The van der Waals surface area contributed by atoms with Crippen LogP contribution in [0.4, 0.5) is 0 Å². The minimum atomic E-state index is -4.97. The third-order valence-corrected chi connectivity index (χ3v) is 22.2. The van der Waals surface area contributed by atoms with Gasteiger partial charge < -0.3 is 33.8 Å². The SMILES string of the molecule is CCCCCCCCCCCCCCCCCCCCCCCCC(=O)O[C@H](COC(=O)CCCCCCCCCCCCCCCCCCCC)COP(=O)(O)OC[C@@H](O)COP(=O)(O)OC[C@@H](COC(=O)CCCCCCCCCCCC)OC(=O)CCCCCCCCCCCCCCC(C)C. The monoisotopic (exact) mass is 1540 g/mol. The standard InChI is InChI=1S/C86H168O17P2/c1-6-9-12-15-18-21-24-26-28-30-32-33-34-35-37-39-41-46-51-56-61-66-71-85(90)103-82(76-97-84(89)70-65-60-55-50-45-40-38-36-31-29-27-25-22-19-16-13-10-7-2)78-101-105(94,95)99-74-80(87)73-98-104(92,93)100-77-81(75-96-83(88)69-64-59-54-49-23-20-17-14-11-8-3)102-86(91)72-67-62-57-52-47-43-42-44-48-53-58-63-68-79(4)5/h79-82,87H,6-78H2,1-5H3,(H,92,93)(H,94,95)/t80-,81+,82+/m0/s1. The Balaban J connectivity index is 5.21. The van der Waals surface area contributed by atoms with Crippen LogP contribution in [0.15, 0.2) is 0 Å². The van der Waals surface area contributed by atoms with Crippen LogP contribution in [0, 0.1) is 5.92 Å². The Bertz CT molecular complexity index is 2000. The fraction of sp³-hybridized carbons (Fsp3) is 0.953. The molecule has 0 aromatic heterocycles. The summed E-state index contributed by atoms with van der Waals surface area (Å²) in [6, 6.07) is 0. The first-order valence-corrected chi connectivity index (χ1v) is 47.6. The zero-order valence-electron chi connectivity index (χ0n) is 68.9. The summed E-state index contributed by atoms with van der Waals surface area (Å²) in [5.74, 6) is -1.32. The van der Waals surface area contributed by atoms with Gasteiger partial charge in [0, 0.05) is 25.7 Å². The maximum absolute atomic E-state index is 13.1. The number of aliphatic hydroxyl groups is 1. The zero-order chi connectivity index (χ0) is 76.9. The molecule has 0 rings (SSSR count). The normalized spacial score (nSPS) is 13.8. The quantitative estimate of drug-likeness (QED) is 0.0222. The largest absolute Gasteiger partial charge is 0.472 e. The number of phosphoric acid groups is 2. The van der Waals surface area contributed by atoms with E-state index in [0.717, 1.165) is 95.8 Å². The molecule has 0 spiro atoms. The van der Waals surface area contributed by atoms with Crippen LogP contribution in [0.5, 0.6) is 0 Å². The van der Waals surface area contributed by atoms with Crippen molar-refractivity contribution < 1.29 is 80.2 Å². The Labute approximate surface area is 645 Å². The molecule has 17 nitrogen and oxygen atoms in total. The molecular formula is C86H168O17P2. The third-order valence-electron chi connectivity index (χ3n) is 20.3. The van der Waals surface area contributed by atoms with Gasteiger partial charge in [0.05, 0.1) is 26.4 Å². The first kappa shape index (κ1) is 103. The van der Waals surface area contributed by atoms with E-state index in [9.17, 15) is 43.2 Å². The molecule has 0 saturated carbocycles. The van der Waals surface area contributed by atoms with Crippen molar-refractivity contribution >= 4 is 39.5 Å². The van der Waals surface area contributed by atoms with E-state index in [-0.39, 0.29) is 25.7 Å². The molecule has 0 aromatic rings. The number of ether oxygens (including phenoxy) is 4. The van der Waals surface area contributed by atoms with Crippen LogP contribution in [-0.2, 0) is 65.4 Å². The van der Waals surface area contributed by atoms with Crippen molar-refractivity contribution in [3.63, 3.8) is 0 Å². The minimum absolute atomic E-state index is 0.108. The van der Waals surface area contributed by atoms with Gasteiger partial charge in [-0.3, -0.25) is 37.3 Å². The highest BCUT2D eigenvalue weighted by Gasteiger charge is 2.30. The zero-order valence-corrected chi connectivity index (χ0v) is 70.7. The predicted octanol–water partition coefficient (Wildman–Crippen LogP) is 26.4. The average molecular weight is 1540 g/mol. The summed E-state index contributed by atoms with van der Waals surface area (Å²) in [6.45, 7) is 7.36. The van der Waals surface area contributed by atoms with E-state index >= 15 is 0 Å². The summed E-state index contributed by atoms with van der Waals surface area (Å²) in [6.07, 6.45) is 72.3. The second kappa shape index (κ2) is 78.7. The molecular weight excluding hydrogens is 1370 g/mol. The molecule has 0 aliphatic heterocycles. The van der Waals surface area contributed by atoms with Crippen LogP contribution >= 0.6 is 15.6 Å². The van der Waals surface area contributed by atoms with Crippen molar-refractivity contribution in [3.8, 4) is 0 Å². The van der Waals surface area contributed by atoms with E-state index in [1.165, 1.54) is 289 Å². The molecule has 0 fully saturated rings. The fourth-order valence-corrected chi connectivity index (χ4v) is 15.1. The summed E-state index contributed by atoms with van der Waals surface area (Å²) in [4.78, 5) is 73.2. The smallest absolute Gasteiger partial charge is 0.462 e. The number of rotatable bonds is 86. The highest BCUT2D eigenvalue weighted by atomic mass is 31.2. The van der Waals surface area contributed by atoms with E-state index in [0.29, 0.717) is 25.7 Å². The topological polar surface area (TPSA) is 237 Å². The molecule has 5 atom stereocenters. The Kier molecular flexibility index (Phi) is 77.3. The number of esters is 4. The Morgan fingerprint density at radius 2 is 0.438 bits per heavy atom. The molecule has 0 radical (unpaired) electrons. The number of carbonyl (C=O) groups excluding carboxylic acids is 4. The number of hydrogen-bond donors (Lipinski definition) is 3. The first-order chi connectivity index (χ1) is 51.0. The molecule has 0 saturated heterocycles. The molecule has 0 aliphatic rings. The molecule has 2 unspecified atom stereocenters. The molecule has 105 heavy (non-hydrogen) atoms. The molecule has 19 heteroatoms. The lowest BCUT2D eigenvalue weighted by molar-refractivity contribution is -0.161. The average Bonchev–Trinajstić information content (AvgIpc) is 0.936. The van der Waals surface area contributed by atoms with Crippen LogP contribution in [0.3, 0.4) is 0 Å². The van der Waals surface area contributed by atoms with Crippen molar-refractivity contribution in [3.05, 3.63) is 0 Å². The van der Waals surface area contributed by atoms with Gasteiger partial charge in [-0.05, 0) is 31.6 Å². The van der Waals surface area contributed by atoms with Crippen molar-refractivity contribution in [1.82, 2.24) is 0 Å². The van der Waals surface area contributed by atoms with Gasteiger partial charge in [-0.2, -0.15) is 0 Å². The number of hydrogen-bond acceptors (Lipinski definition) is 15. The molecule has 0 aromatic carbocycles. The van der Waals surface area contributed by atoms with Gasteiger partial charge in [0.25, 0.3) is 0 Å². The van der Waals surface area contributed by atoms with Gasteiger partial charge in [-0.25, -0.2) is 9.13 Å². The minimum Gasteiger partial charge on any atom is -0.462 e. The van der Waals surface area contributed by atoms with E-state index in [2.05, 4.69) is 34.6 Å². The Morgan fingerprint density at radius 3 is 0.648 bits per heavy atom. The lowest BCUT2D eigenvalue weighted by Crippen LogP contribution is -2.30. The molecule has 3 N–H and O–H groups in total. The van der Waals surface area contributed by atoms with Crippen LogP contribution in [-0.4, -0.2) is 96.7 Å². The highest BCUT2D eigenvalue weighted by molar-refractivity contribution is 7.47. The number of carbonyl (C=O) groups is 4. The maximum Gasteiger partial charge on any atom is 0.472 e. The summed E-state index contributed by atoms with van der Waals surface area (Å²) >= 11 is 0. The number of unbranched alkanes of at least 4 members (excludes halogenated alkanes) is 58. The second-order valence-corrected chi connectivity index (χ2v) is 34.3. The molecule has 0 amide bonds. The van der Waals surface area contributed by atoms with Crippen LogP contribution in [0.25, 0.3) is 0 Å². The van der Waals surface area contributed by atoms with E-state index in [1.54, 1.807) is 0 Å². The molecule has 0 heterocycles. The first-order valence-electron chi connectivity index (χ1n) is 44.6. The van der Waals surface area contributed by atoms with Gasteiger partial charge >= 0.3 is 39.5 Å². The molecule has 0 aliphatic carbocycles. The lowest BCUT2D eigenvalue weighted by atomic mass is 10.0. The second-order valence-electron chi connectivity index (χ2n) is 31.4. The predicted molar refractivity (Wildman–Crippen MR) is 432 cm³/mol. The Hall–Kier alpha value is -1.94. The van der Waals surface area contributed by atoms with E-state index < -0.39 is 97.5 Å². The van der Waals surface area contributed by atoms with Gasteiger partial charge in [-0.1, -0.05) is 413 Å². The van der Waals surface area contributed by atoms with Crippen LogP contribution in [0.2, 0.25) is 0 Å². The van der Waals surface area contributed by atoms with Gasteiger partial charge in [-0.15, -0.1) is 0 Å². The van der Waals surface area contributed by atoms with Gasteiger partial charge in [0.15, 0.2) is 12.2 Å². The fourth-order valence-electron chi connectivity index (χ4n) is 13.5. The maximum atomic E-state index is 13.1. The summed E-state index contributed by atoms with van der Waals surface area (Å²) in [5.41, 5.74) is 0. The summed E-state index contributed by atoms with van der Waals surface area (Å²) < 4.78 is 68.9. The summed E-state index contributed by atoms with van der Waals surface area (Å²) in [5, 5.41) is 10.7. The Morgan fingerprint density at radius 1 is 0.257 bits per heavy atom. The molecule has 624 valence electrons. The highest BCUT2D eigenvalue weighted by Crippen LogP contribution is 2.45. The third kappa shape index (κ3) is 79.9. The van der Waals surface area contributed by atoms with Crippen molar-refractivity contribution in [2.24, 2.45) is 5.92 Å². The van der Waals surface area contributed by atoms with Crippen LogP contribution < -0.4 is 0 Å². The van der Waals surface area contributed by atoms with Crippen molar-refractivity contribution in [2.45, 2.75) is 483 Å². The van der Waals surface area contributed by atoms with Gasteiger partial charge in [0.2, 0.25) is 0 Å². The van der Waals surface area contributed by atoms with Crippen molar-refractivity contribution in [2.75, 3.05) is 39.6 Å². The van der Waals surface area contributed by atoms with Crippen LogP contribution in [0.1, 0.15) is 465 Å². The number of phosphoric ester groups is 2. The number of aliphatic hydroxyl groups excluding tert-OH is 1. The van der Waals surface area contributed by atoms with Gasteiger partial charge in [0.1, 0.15) is 19.3 Å².